The maximum atomic E-state index is 12.6. The number of thiophene rings is 1. The number of amides is 1. The second-order valence-corrected chi connectivity index (χ2v) is 6.75. The summed E-state index contributed by atoms with van der Waals surface area (Å²) in [6.45, 7) is 0.446. The topological polar surface area (TPSA) is 57.6 Å². The number of carbonyl (C=O) groups excluding carboxylic acids is 1. The minimum absolute atomic E-state index is 0.317. The van der Waals surface area contributed by atoms with Crippen LogP contribution in [-0.4, -0.2) is 34.5 Å². The molecule has 0 aliphatic carbocycles. The molecule has 1 amide bonds. The Morgan fingerprint density at radius 2 is 2.10 bits per heavy atom. The molecule has 0 saturated carbocycles. The van der Waals surface area contributed by atoms with Crippen molar-refractivity contribution in [2.45, 2.75) is 18.9 Å². The van der Waals surface area contributed by atoms with Crippen molar-refractivity contribution in [2.75, 3.05) is 6.54 Å². The predicted octanol–water partition coefficient (Wildman–Crippen LogP) is 3.90. The highest BCUT2D eigenvalue weighted by Gasteiger charge is 2.36. The number of hydrogen-bond acceptors (Lipinski definition) is 3. The van der Waals surface area contributed by atoms with Gasteiger partial charge in [-0.05, 0) is 25.0 Å². The number of carboxylic acids is 1. The summed E-state index contributed by atoms with van der Waals surface area (Å²) in [6.07, 6.45) is 1.17. The van der Waals surface area contributed by atoms with Crippen LogP contribution in [0.25, 0.3) is 10.1 Å². The van der Waals surface area contributed by atoms with Gasteiger partial charge in [0.25, 0.3) is 5.91 Å². The van der Waals surface area contributed by atoms with Gasteiger partial charge in [0.05, 0.1) is 5.02 Å². The van der Waals surface area contributed by atoms with E-state index < -0.39 is 12.0 Å². The molecule has 1 aliphatic heterocycles. The molecule has 0 radical (unpaired) electrons. The molecule has 4 nitrogen and oxygen atoms in total. The molecule has 0 spiro atoms. The number of fused-ring (bicyclic) bond motifs is 1. The first-order chi connectivity index (χ1) is 9.99. The largest absolute Gasteiger partial charge is 0.480 e. The molecule has 2 aromatic rings. The molecule has 1 atom stereocenters. The summed E-state index contributed by atoms with van der Waals surface area (Å²) in [5, 5.41) is 10.9. The van der Waals surface area contributed by atoms with Gasteiger partial charge in [0.15, 0.2) is 0 Å². The zero-order valence-corrected chi connectivity index (χ0v) is 13.1. The first-order valence-corrected chi connectivity index (χ1v) is 7.97. The van der Waals surface area contributed by atoms with Crippen LogP contribution < -0.4 is 0 Å². The van der Waals surface area contributed by atoms with Gasteiger partial charge in [-0.25, -0.2) is 4.79 Å². The minimum Gasteiger partial charge on any atom is -0.480 e. The van der Waals surface area contributed by atoms with Gasteiger partial charge in [-0.2, -0.15) is 0 Å². The summed E-state index contributed by atoms with van der Waals surface area (Å²) in [5.41, 5.74) is 0. The lowest BCUT2D eigenvalue weighted by atomic mass is 10.2. The lowest BCUT2D eigenvalue weighted by molar-refractivity contribution is -0.141. The molecule has 2 heterocycles. The van der Waals surface area contributed by atoms with Crippen LogP contribution in [-0.2, 0) is 4.79 Å². The van der Waals surface area contributed by atoms with Gasteiger partial charge < -0.3 is 10.0 Å². The smallest absolute Gasteiger partial charge is 0.326 e. The quantitative estimate of drug-likeness (QED) is 0.899. The van der Waals surface area contributed by atoms with E-state index >= 15 is 0 Å². The van der Waals surface area contributed by atoms with E-state index in [1.807, 2.05) is 0 Å². The Hall–Kier alpha value is -1.30. The van der Waals surface area contributed by atoms with E-state index in [0.717, 1.165) is 10.1 Å². The van der Waals surface area contributed by atoms with Crippen molar-refractivity contribution in [1.82, 2.24) is 4.90 Å². The van der Waals surface area contributed by atoms with E-state index in [1.165, 1.54) is 16.2 Å². The van der Waals surface area contributed by atoms with Crippen LogP contribution in [0.2, 0.25) is 10.0 Å². The van der Waals surface area contributed by atoms with E-state index in [2.05, 4.69) is 0 Å². The number of likely N-dealkylation sites (tertiary alicyclic amines) is 1. The number of nitrogens with zero attached hydrogens (tertiary/aromatic N) is 1. The maximum absolute atomic E-state index is 12.6. The zero-order valence-electron chi connectivity index (χ0n) is 10.8. The highest BCUT2D eigenvalue weighted by atomic mass is 35.5. The molecule has 0 bridgehead atoms. The third-order valence-electron chi connectivity index (χ3n) is 3.58. The Labute approximate surface area is 134 Å². The Kier molecular flexibility index (Phi) is 3.82. The van der Waals surface area contributed by atoms with Crippen LogP contribution in [0.5, 0.6) is 0 Å². The number of benzene rings is 1. The average molecular weight is 344 g/mol. The summed E-state index contributed by atoms with van der Waals surface area (Å²) >= 11 is 13.5. The molecular weight excluding hydrogens is 333 g/mol. The summed E-state index contributed by atoms with van der Waals surface area (Å²) in [4.78, 5) is 25.6. The highest BCUT2D eigenvalue weighted by Crippen LogP contribution is 2.38. The van der Waals surface area contributed by atoms with Gasteiger partial charge in [0.2, 0.25) is 0 Å². The van der Waals surface area contributed by atoms with Crippen molar-refractivity contribution < 1.29 is 14.7 Å². The van der Waals surface area contributed by atoms with E-state index in [-0.39, 0.29) is 5.91 Å². The van der Waals surface area contributed by atoms with Crippen molar-refractivity contribution in [1.29, 1.82) is 0 Å². The first kappa shape index (κ1) is 14.6. The zero-order chi connectivity index (χ0) is 15.1. The molecule has 0 unspecified atom stereocenters. The Morgan fingerprint density at radius 1 is 1.33 bits per heavy atom. The molecule has 1 aromatic heterocycles. The Bertz CT molecular complexity index is 743. The van der Waals surface area contributed by atoms with Gasteiger partial charge in [0.1, 0.15) is 10.9 Å². The van der Waals surface area contributed by atoms with E-state index in [4.69, 9.17) is 23.2 Å². The summed E-state index contributed by atoms with van der Waals surface area (Å²) in [7, 11) is 0. The molecule has 1 saturated heterocycles. The lowest BCUT2D eigenvalue weighted by Crippen LogP contribution is -2.40. The van der Waals surface area contributed by atoms with Crippen LogP contribution in [0.3, 0.4) is 0 Å². The van der Waals surface area contributed by atoms with E-state index in [1.54, 1.807) is 18.2 Å². The normalized spacial score (nSPS) is 18.4. The SMILES string of the molecule is O=C(O)[C@H]1CCCN1C(=O)c1sc2cc(Cl)ccc2c1Cl. The van der Waals surface area contributed by atoms with Crippen molar-refractivity contribution in [3.05, 3.63) is 33.1 Å². The standard InChI is InChI=1S/C14H11Cl2NO3S/c15-7-3-4-8-10(6-7)21-12(11(8)16)13(18)17-5-1-2-9(17)14(19)20/h3-4,6,9H,1-2,5H2,(H,19,20)/t9-/m1/s1. The van der Waals surface area contributed by atoms with Gasteiger partial charge in [-0.1, -0.05) is 29.3 Å². The van der Waals surface area contributed by atoms with Gasteiger partial charge in [0, 0.05) is 21.7 Å². The molecule has 7 heteroatoms. The summed E-state index contributed by atoms with van der Waals surface area (Å²) in [5.74, 6) is -1.29. The third-order valence-corrected chi connectivity index (χ3v) is 5.46. The first-order valence-electron chi connectivity index (χ1n) is 6.40. The number of rotatable bonds is 2. The Balaban J connectivity index is 2.02. The van der Waals surface area contributed by atoms with Crippen LogP contribution in [0.1, 0.15) is 22.5 Å². The maximum Gasteiger partial charge on any atom is 0.326 e. The summed E-state index contributed by atoms with van der Waals surface area (Å²) in [6, 6.07) is 4.48. The minimum atomic E-state index is -0.971. The monoisotopic (exact) mass is 343 g/mol. The summed E-state index contributed by atoms with van der Waals surface area (Å²) < 4.78 is 0.821. The fourth-order valence-electron chi connectivity index (χ4n) is 2.57. The van der Waals surface area contributed by atoms with Crippen molar-refractivity contribution in [3.8, 4) is 0 Å². The van der Waals surface area contributed by atoms with Gasteiger partial charge in [-0.3, -0.25) is 4.79 Å². The van der Waals surface area contributed by atoms with E-state index in [9.17, 15) is 14.7 Å². The molecule has 3 rings (SSSR count). The van der Waals surface area contributed by atoms with Gasteiger partial charge in [-0.15, -0.1) is 11.3 Å². The van der Waals surface area contributed by atoms with Crippen molar-refractivity contribution in [3.63, 3.8) is 0 Å². The molecule has 1 N–H and O–H groups in total. The molecule has 1 fully saturated rings. The third kappa shape index (κ3) is 2.50. The number of carbonyl (C=O) groups is 2. The Morgan fingerprint density at radius 3 is 2.81 bits per heavy atom. The fourth-order valence-corrected chi connectivity index (χ4v) is 4.32. The van der Waals surface area contributed by atoms with Gasteiger partial charge >= 0.3 is 5.97 Å². The molecule has 110 valence electrons. The number of carboxylic acid groups (broad SMARTS) is 1. The molecule has 1 aromatic carbocycles. The highest BCUT2D eigenvalue weighted by molar-refractivity contribution is 7.21. The number of hydrogen-bond donors (Lipinski definition) is 1. The lowest BCUT2D eigenvalue weighted by Gasteiger charge is -2.20. The van der Waals surface area contributed by atoms with Crippen molar-refractivity contribution >= 4 is 56.5 Å². The fraction of sp³-hybridized carbons (Fsp3) is 0.286. The van der Waals surface area contributed by atoms with Crippen LogP contribution in [0.4, 0.5) is 0 Å². The molecule has 21 heavy (non-hydrogen) atoms. The van der Waals surface area contributed by atoms with E-state index in [0.29, 0.717) is 34.3 Å². The predicted molar refractivity (Wildman–Crippen MR) is 83.5 cm³/mol. The van der Waals surface area contributed by atoms with Crippen LogP contribution in [0, 0.1) is 0 Å². The second kappa shape index (κ2) is 5.48. The second-order valence-electron chi connectivity index (χ2n) is 4.88. The molecule has 1 aliphatic rings. The van der Waals surface area contributed by atoms with Crippen LogP contribution >= 0.6 is 34.5 Å². The number of aliphatic carboxylic acids is 1. The number of halogens is 2. The average Bonchev–Trinajstić information content (AvgIpc) is 3.03. The molecular formula is C14H11Cl2NO3S. The van der Waals surface area contributed by atoms with Crippen molar-refractivity contribution in [2.24, 2.45) is 0 Å². The van der Waals surface area contributed by atoms with Crippen LogP contribution in [0.15, 0.2) is 18.2 Å².